The summed E-state index contributed by atoms with van der Waals surface area (Å²) in [4.78, 5) is 29.9. The third-order valence-electron chi connectivity index (χ3n) is 3.01. The Hall–Kier alpha value is -1.92. The van der Waals surface area contributed by atoms with E-state index in [1.807, 2.05) is 6.92 Å². The maximum absolute atomic E-state index is 12.6. The molecular formula is C15H15ClN2O3S. The summed E-state index contributed by atoms with van der Waals surface area (Å²) >= 11 is 7.25. The normalized spacial score (nSPS) is 10.5. The predicted molar refractivity (Wildman–Crippen MR) is 85.4 cm³/mol. The fourth-order valence-corrected chi connectivity index (χ4v) is 2.99. The third kappa shape index (κ3) is 4.05. The first-order valence-electron chi connectivity index (χ1n) is 6.56. The number of benzene rings is 1. The molecular weight excluding hydrogens is 324 g/mol. The van der Waals surface area contributed by atoms with Crippen LogP contribution >= 0.6 is 22.9 Å². The number of halogens is 1. The van der Waals surface area contributed by atoms with Crippen LogP contribution in [0.5, 0.6) is 0 Å². The van der Waals surface area contributed by atoms with Crippen LogP contribution in [0, 0.1) is 13.8 Å². The first kappa shape index (κ1) is 16.5. The lowest BCUT2D eigenvalue weighted by atomic mass is 10.2. The van der Waals surface area contributed by atoms with E-state index in [0.29, 0.717) is 10.7 Å². The first-order chi connectivity index (χ1) is 10.4. The number of aliphatic carboxylic acids is 1. The number of hydrogen-bond acceptors (Lipinski definition) is 4. The van der Waals surface area contributed by atoms with Crippen LogP contribution in [0.2, 0.25) is 5.02 Å². The van der Waals surface area contributed by atoms with Gasteiger partial charge in [-0.15, -0.1) is 11.3 Å². The molecule has 0 atom stereocenters. The molecule has 0 bridgehead atoms. The van der Waals surface area contributed by atoms with Crippen molar-refractivity contribution in [3.05, 3.63) is 50.4 Å². The highest BCUT2D eigenvalue weighted by molar-refractivity contribution is 7.11. The summed E-state index contributed by atoms with van der Waals surface area (Å²) in [6, 6.07) is 6.95. The minimum atomic E-state index is -1.06. The second-order valence-electron chi connectivity index (χ2n) is 4.82. The van der Waals surface area contributed by atoms with E-state index in [1.54, 1.807) is 31.2 Å². The Bertz CT molecular complexity index is 697. The zero-order valence-corrected chi connectivity index (χ0v) is 13.7. The van der Waals surface area contributed by atoms with Crippen LogP contribution in [0.25, 0.3) is 0 Å². The molecule has 2 aromatic rings. The standard InChI is InChI=1S/C15H15ClN2O3S/c1-9-14(17-10(2)22-9)15(21)18(8-13(19)20)7-11-3-5-12(16)6-4-11/h3-6H,7-8H2,1-2H3,(H,19,20). The molecule has 0 aliphatic heterocycles. The summed E-state index contributed by atoms with van der Waals surface area (Å²) < 4.78 is 0. The third-order valence-corrected chi connectivity index (χ3v) is 4.14. The molecule has 1 N–H and O–H groups in total. The van der Waals surface area contributed by atoms with E-state index in [0.717, 1.165) is 15.4 Å². The van der Waals surface area contributed by atoms with Crippen molar-refractivity contribution in [2.75, 3.05) is 6.54 Å². The van der Waals surface area contributed by atoms with Crippen molar-refractivity contribution in [3.63, 3.8) is 0 Å². The summed E-state index contributed by atoms with van der Waals surface area (Å²) in [6.07, 6.45) is 0. The second-order valence-corrected chi connectivity index (χ2v) is 6.66. The molecule has 0 fully saturated rings. The summed E-state index contributed by atoms with van der Waals surface area (Å²) in [5.41, 5.74) is 1.13. The van der Waals surface area contributed by atoms with E-state index >= 15 is 0 Å². The summed E-state index contributed by atoms with van der Waals surface area (Å²) in [5.74, 6) is -1.44. The van der Waals surface area contributed by atoms with E-state index in [2.05, 4.69) is 4.98 Å². The Labute approximate surface area is 137 Å². The number of rotatable bonds is 5. The molecule has 0 radical (unpaired) electrons. The number of carboxylic acid groups (broad SMARTS) is 1. The fourth-order valence-electron chi connectivity index (χ4n) is 2.05. The van der Waals surface area contributed by atoms with Gasteiger partial charge in [-0.3, -0.25) is 9.59 Å². The van der Waals surface area contributed by atoms with E-state index in [9.17, 15) is 9.59 Å². The van der Waals surface area contributed by atoms with Gasteiger partial charge in [-0.2, -0.15) is 0 Å². The number of aryl methyl sites for hydroxylation is 2. The highest BCUT2D eigenvalue weighted by Gasteiger charge is 2.23. The van der Waals surface area contributed by atoms with Crippen molar-refractivity contribution >= 4 is 34.8 Å². The molecule has 2 rings (SSSR count). The van der Waals surface area contributed by atoms with Crippen molar-refractivity contribution in [3.8, 4) is 0 Å². The molecule has 22 heavy (non-hydrogen) atoms. The molecule has 1 heterocycles. The van der Waals surface area contributed by atoms with Crippen LogP contribution in [0.1, 0.15) is 25.9 Å². The zero-order valence-electron chi connectivity index (χ0n) is 12.2. The Morgan fingerprint density at radius 1 is 1.27 bits per heavy atom. The zero-order chi connectivity index (χ0) is 16.3. The topological polar surface area (TPSA) is 70.5 Å². The van der Waals surface area contributed by atoms with Gasteiger partial charge in [0.1, 0.15) is 12.2 Å². The fraction of sp³-hybridized carbons (Fsp3) is 0.267. The molecule has 0 aliphatic carbocycles. The first-order valence-corrected chi connectivity index (χ1v) is 7.76. The number of hydrogen-bond donors (Lipinski definition) is 1. The van der Waals surface area contributed by atoms with Gasteiger partial charge in [-0.25, -0.2) is 4.98 Å². The Balaban J connectivity index is 2.25. The number of carbonyl (C=O) groups excluding carboxylic acids is 1. The summed E-state index contributed by atoms with van der Waals surface area (Å²) in [5, 5.41) is 10.4. The number of carboxylic acids is 1. The van der Waals surface area contributed by atoms with Crippen LogP contribution in [0.15, 0.2) is 24.3 Å². The van der Waals surface area contributed by atoms with Crippen LogP contribution in [-0.2, 0) is 11.3 Å². The molecule has 1 aromatic carbocycles. The molecule has 0 unspecified atom stereocenters. The second kappa shape index (κ2) is 6.89. The molecule has 1 aromatic heterocycles. The number of nitrogens with zero attached hydrogens (tertiary/aromatic N) is 2. The molecule has 116 valence electrons. The van der Waals surface area contributed by atoms with E-state index in [-0.39, 0.29) is 19.0 Å². The van der Waals surface area contributed by atoms with E-state index in [4.69, 9.17) is 16.7 Å². The maximum atomic E-state index is 12.6. The lowest BCUT2D eigenvalue weighted by Crippen LogP contribution is -2.35. The minimum absolute atomic E-state index is 0.193. The van der Waals surface area contributed by atoms with Crippen LogP contribution in [-0.4, -0.2) is 33.4 Å². The van der Waals surface area contributed by atoms with Gasteiger partial charge in [0.25, 0.3) is 5.91 Å². The Morgan fingerprint density at radius 3 is 2.41 bits per heavy atom. The quantitative estimate of drug-likeness (QED) is 0.909. The molecule has 0 spiro atoms. The van der Waals surface area contributed by atoms with E-state index < -0.39 is 5.97 Å². The minimum Gasteiger partial charge on any atom is -0.480 e. The van der Waals surface area contributed by atoms with Gasteiger partial charge in [-0.1, -0.05) is 23.7 Å². The number of carbonyl (C=O) groups is 2. The van der Waals surface area contributed by atoms with Crippen LogP contribution in [0.3, 0.4) is 0 Å². The van der Waals surface area contributed by atoms with Gasteiger partial charge in [0.05, 0.1) is 5.01 Å². The van der Waals surface area contributed by atoms with Crippen molar-refractivity contribution in [2.24, 2.45) is 0 Å². The average molecular weight is 339 g/mol. The molecule has 0 aliphatic rings. The van der Waals surface area contributed by atoms with Gasteiger partial charge < -0.3 is 10.0 Å². The SMILES string of the molecule is Cc1nc(C(=O)N(CC(=O)O)Cc2ccc(Cl)cc2)c(C)s1. The molecule has 7 heteroatoms. The highest BCUT2D eigenvalue weighted by atomic mass is 35.5. The molecule has 0 saturated carbocycles. The van der Waals surface area contributed by atoms with Gasteiger partial charge in [0.2, 0.25) is 0 Å². The Kier molecular flexibility index (Phi) is 5.15. The van der Waals surface area contributed by atoms with Crippen LogP contribution < -0.4 is 0 Å². The predicted octanol–water partition coefficient (Wildman–Crippen LogP) is 3.14. The lowest BCUT2D eigenvalue weighted by molar-refractivity contribution is -0.137. The number of thiazole rings is 1. The molecule has 0 saturated heterocycles. The number of aromatic nitrogens is 1. The number of amides is 1. The van der Waals surface area contributed by atoms with Gasteiger partial charge in [0.15, 0.2) is 0 Å². The maximum Gasteiger partial charge on any atom is 0.323 e. The van der Waals surface area contributed by atoms with Gasteiger partial charge in [-0.05, 0) is 31.5 Å². The molecule has 5 nitrogen and oxygen atoms in total. The van der Waals surface area contributed by atoms with Crippen molar-refractivity contribution in [1.29, 1.82) is 0 Å². The highest BCUT2D eigenvalue weighted by Crippen LogP contribution is 2.19. The van der Waals surface area contributed by atoms with E-state index in [1.165, 1.54) is 16.2 Å². The lowest BCUT2D eigenvalue weighted by Gasteiger charge is -2.20. The van der Waals surface area contributed by atoms with Gasteiger partial charge >= 0.3 is 5.97 Å². The molecule has 1 amide bonds. The van der Waals surface area contributed by atoms with Crippen LogP contribution in [0.4, 0.5) is 0 Å². The van der Waals surface area contributed by atoms with Crippen molar-refractivity contribution < 1.29 is 14.7 Å². The van der Waals surface area contributed by atoms with Crippen molar-refractivity contribution in [2.45, 2.75) is 20.4 Å². The average Bonchev–Trinajstić information content (AvgIpc) is 2.78. The largest absolute Gasteiger partial charge is 0.480 e. The summed E-state index contributed by atoms with van der Waals surface area (Å²) in [7, 11) is 0. The monoisotopic (exact) mass is 338 g/mol. The smallest absolute Gasteiger partial charge is 0.323 e. The van der Waals surface area contributed by atoms with Gasteiger partial charge in [0, 0.05) is 16.4 Å². The van der Waals surface area contributed by atoms with Crippen molar-refractivity contribution in [1.82, 2.24) is 9.88 Å². The Morgan fingerprint density at radius 2 is 1.91 bits per heavy atom. The summed E-state index contributed by atoms with van der Waals surface area (Å²) in [6.45, 7) is 3.43.